The van der Waals surface area contributed by atoms with Crippen LogP contribution in [-0.2, 0) is 10.9 Å². The lowest BCUT2D eigenvalue weighted by Crippen LogP contribution is -2.43. The lowest BCUT2D eigenvalue weighted by atomic mass is 9.86. The van der Waals surface area contributed by atoms with Crippen LogP contribution in [0, 0.1) is 0 Å². The number of alkyl halides is 3. The molecule has 0 spiro atoms. The van der Waals surface area contributed by atoms with Gasteiger partial charge in [-0.15, -0.1) is 10.2 Å². The molecule has 8 heteroatoms. The molecule has 1 aromatic heterocycles. The van der Waals surface area contributed by atoms with Gasteiger partial charge < -0.3 is 10.1 Å². The van der Waals surface area contributed by atoms with E-state index in [2.05, 4.69) is 29.4 Å². The van der Waals surface area contributed by atoms with Crippen molar-refractivity contribution >= 4 is 16.5 Å². The predicted molar refractivity (Wildman–Crippen MR) is 70.8 cm³/mol. The van der Waals surface area contributed by atoms with Gasteiger partial charge in [0.2, 0.25) is 10.1 Å². The Morgan fingerprint density at radius 3 is 2.60 bits per heavy atom. The van der Waals surface area contributed by atoms with E-state index in [4.69, 9.17) is 4.74 Å². The summed E-state index contributed by atoms with van der Waals surface area (Å²) < 4.78 is 43.3. The standard InChI is InChI=1S/C12H18F3N3OS/c1-3-11(4-2)7-8(5-6-19-11)16-10-18-17-9(20-10)12(13,14)15/h8H,3-7H2,1-2H3,(H,16,18). The molecule has 0 aliphatic carbocycles. The summed E-state index contributed by atoms with van der Waals surface area (Å²) in [6.45, 7) is 4.75. The van der Waals surface area contributed by atoms with Gasteiger partial charge in [-0.3, -0.25) is 0 Å². The fourth-order valence-corrected chi connectivity index (χ4v) is 3.15. The minimum atomic E-state index is -4.43. The molecule has 0 saturated carbocycles. The molecule has 1 aliphatic rings. The molecule has 20 heavy (non-hydrogen) atoms. The van der Waals surface area contributed by atoms with Crippen LogP contribution in [-0.4, -0.2) is 28.4 Å². The Hall–Kier alpha value is -0.890. The first-order chi connectivity index (χ1) is 9.38. The highest BCUT2D eigenvalue weighted by atomic mass is 32.1. The number of halogens is 3. The van der Waals surface area contributed by atoms with Crippen LogP contribution in [0.15, 0.2) is 0 Å². The fourth-order valence-electron chi connectivity index (χ4n) is 2.46. The van der Waals surface area contributed by atoms with Gasteiger partial charge in [-0.2, -0.15) is 13.2 Å². The summed E-state index contributed by atoms with van der Waals surface area (Å²) in [6.07, 6.45) is -1.09. The average Bonchev–Trinajstić information content (AvgIpc) is 2.87. The third-order valence-electron chi connectivity index (χ3n) is 3.78. The Kier molecular flexibility index (Phi) is 4.53. The normalized spacial score (nSPS) is 22.8. The van der Waals surface area contributed by atoms with Gasteiger partial charge in [0.05, 0.1) is 5.60 Å². The molecular formula is C12H18F3N3OS. The maximum atomic E-state index is 12.5. The largest absolute Gasteiger partial charge is 0.445 e. The van der Waals surface area contributed by atoms with E-state index in [0.29, 0.717) is 17.9 Å². The van der Waals surface area contributed by atoms with Gasteiger partial charge in [0.1, 0.15) is 0 Å². The number of ether oxygens (including phenoxy) is 1. The van der Waals surface area contributed by atoms with Crippen molar-refractivity contribution in [2.24, 2.45) is 0 Å². The van der Waals surface area contributed by atoms with Crippen LogP contribution in [0.5, 0.6) is 0 Å². The van der Waals surface area contributed by atoms with Gasteiger partial charge in [-0.1, -0.05) is 25.2 Å². The van der Waals surface area contributed by atoms with Gasteiger partial charge in [0.25, 0.3) is 0 Å². The summed E-state index contributed by atoms with van der Waals surface area (Å²) in [6, 6.07) is 0.0812. The number of rotatable bonds is 4. The second kappa shape index (κ2) is 5.85. The fraction of sp³-hybridized carbons (Fsp3) is 0.833. The third kappa shape index (κ3) is 3.41. The molecule has 1 fully saturated rings. The zero-order chi connectivity index (χ0) is 14.8. The minimum Gasteiger partial charge on any atom is -0.375 e. The van der Waals surface area contributed by atoms with E-state index in [1.165, 1.54) is 0 Å². The SMILES string of the molecule is CCC1(CC)CC(Nc2nnc(C(F)(F)F)s2)CCO1. The molecule has 0 radical (unpaired) electrons. The summed E-state index contributed by atoms with van der Waals surface area (Å²) in [7, 11) is 0. The molecule has 0 aromatic carbocycles. The van der Waals surface area contributed by atoms with Crippen LogP contribution in [0.2, 0.25) is 0 Å². The molecule has 2 heterocycles. The highest BCUT2D eigenvalue weighted by Gasteiger charge is 2.37. The van der Waals surface area contributed by atoms with Crippen molar-refractivity contribution in [1.29, 1.82) is 0 Å². The van der Waals surface area contributed by atoms with E-state index in [-0.39, 0.29) is 16.8 Å². The molecule has 1 aromatic rings. The van der Waals surface area contributed by atoms with Crippen molar-refractivity contribution in [2.75, 3.05) is 11.9 Å². The van der Waals surface area contributed by atoms with E-state index >= 15 is 0 Å². The van der Waals surface area contributed by atoms with Gasteiger partial charge in [0, 0.05) is 12.6 Å². The van der Waals surface area contributed by atoms with E-state index in [9.17, 15) is 13.2 Å². The molecule has 1 unspecified atom stereocenters. The van der Waals surface area contributed by atoms with Crippen molar-refractivity contribution < 1.29 is 17.9 Å². The second-order valence-electron chi connectivity index (χ2n) is 4.98. The topological polar surface area (TPSA) is 47.0 Å². The van der Waals surface area contributed by atoms with Crippen LogP contribution in [0.3, 0.4) is 0 Å². The van der Waals surface area contributed by atoms with Crippen molar-refractivity contribution in [3.8, 4) is 0 Å². The molecule has 4 nitrogen and oxygen atoms in total. The second-order valence-corrected chi connectivity index (χ2v) is 5.96. The Morgan fingerprint density at radius 2 is 2.05 bits per heavy atom. The number of nitrogens with one attached hydrogen (secondary N) is 1. The minimum absolute atomic E-state index is 0.0812. The van der Waals surface area contributed by atoms with Crippen LogP contribution in [0.25, 0.3) is 0 Å². The molecule has 114 valence electrons. The molecule has 1 aliphatic heterocycles. The van der Waals surface area contributed by atoms with Crippen molar-refractivity contribution in [3.63, 3.8) is 0 Å². The maximum Gasteiger partial charge on any atom is 0.445 e. The highest BCUT2D eigenvalue weighted by Crippen LogP contribution is 2.36. The molecule has 2 rings (SSSR count). The van der Waals surface area contributed by atoms with Crippen LogP contribution in [0.1, 0.15) is 44.5 Å². The quantitative estimate of drug-likeness (QED) is 0.921. The molecule has 1 saturated heterocycles. The Morgan fingerprint density at radius 1 is 1.35 bits per heavy atom. The maximum absolute atomic E-state index is 12.5. The van der Waals surface area contributed by atoms with Crippen molar-refractivity contribution in [3.05, 3.63) is 5.01 Å². The van der Waals surface area contributed by atoms with E-state index in [1.54, 1.807) is 0 Å². The van der Waals surface area contributed by atoms with Crippen molar-refractivity contribution in [2.45, 2.75) is 57.3 Å². The number of hydrogen-bond donors (Lipinski definition) is 1. The first-order valence-corrected chi connectivity index (χ1v) is 7.51. The van der Waals surface area contributed by atoms with Gasteiger partial charge in [0.15, 0.2) is 0 Å². The molecular weight excluding hydrogens is 291 g/mol. The molecule has 1 atom stereocenters. The summed E-state index contributed by atoms with van der Waals surface area (Å²) in [5, 5.41) is 9.13. The summed E-state index contributed by atoms with van der Waals surface area (Å²) in [4.78, 5) is 0. The van der Waals surface area contributed by atoms with Crippen LogP contribution < -0.4 is 5.32 Å². The zero-order valence-electron chi connectivity index (χ0n) is 11.5. The van der Waals surface area contributed by atoms with Gasteiger partial charge in [-0.25, -0.2) is 0 Å². The average molecular weight is 309 g/mol. The van der Waals surface area contributed by atoms with E-state index in [0.717, 1.165) is 25.7 Å². The molecule has 0 amide bonds. The third-order valence-corrected chi connectivity index (χ3v) is 4.68. The summed E-state index contributed by atoms with van der Waals surface area (Å²) in [5.41, 5.74) is -0.173. The van der Waals surface area contributed by atoms with Crippen LogP contribution >= 0.6 is 11.3 Å². The molecule has 0 bridgehead atoms. The van der Waals surface area contributed by atoms with E-state index in [1.807, 2.05) is 0 Å². The smallest absolute Gasteiger partial charge is 0.375 e. The summed E-state index contributed by atoms with van der Waals surface area (Å²) in [5.74, 6) is 0. The number of aromatic nitrogens is 2. The number of hydrogen-bond acceptors (Lipinski definition) is 5. The zero-order valence-corrected chi connectivity index (χ0v) is 12.3. The van der Waals surface area contributed by atoms with Gasteiger partial charge in [-0.05, 0) is 25.7 Å². The Labute approximate surface area is 119 Å². The Balaban J connectivity index is 2.01. The highest BCUT2D eigenvalue weighted by molar-refractivity contribution is 7.15. The number of nitrogens with zero attached hydrogens (tertiary/aromatic N) is 2. The summed E-state index contributed by atoms with van der Waals surface area (Å²) >= 11 is 0.550. The van der Waals surface area contributed by atoms with Gasteiger partial charge >= 0.3 is 6.18 Å². The first kappa shape index (κ1) is 15.5. The monoisotopic (exact) mass is 309 g/mol. The van der Waals surface area contributed by atoms with Crippen molar-refractivity contribution in [1.82, 2.24) is 10.2 Å². The predicted octanol–water partition coefficient (Wildman–Crippen LogP) is 3.71. The Bertz CT molecular complexity index is 445. The first-order valence-electron chi connectivity index (χ1n) is 6.70. The van der Waals surface area contributed by atoms with E-state index < -0.39 is 11.2 Å². The lowest BCUT2D eigenvalue weighted by Gasteiger charge is -2.40. The van der Waals surface area contributed by atoms with Crippen LogP contribution in [0.4, 0.5) is 18.3 Å². The lowest BCUT2D eigenvalue weighted by molar-refractivity contribution is -0.138. The molecule has 1 N–H and O–H groups in total. The number of anilines is 1.